The molecule has 1 aliphatic heterocycles. The highest BCUT2D eigenvalue weighted by Gasteiger charge is 2.38. The predicted molar refractivity (Wildman–Crippen MR) is 160 cm³/mol. The van der Waals surface area contributed by atoms with Crippen LogP contribution in [0.2, 0.25) is 0 Å². The zero-order valence-electron chi connectivity index (χ0n) is 22.9. The SMILES string of the molecule is Cc1[nH]n(C2C(Cl)CC(Cl)CC2Cl)c(=O)c1C=CC=C/C=c1\c(C)c2c(n(C)c1=O)=NN(C1CCCCC1)C2=O. The van der Waals surface area contributed by atoms with Crippen molar-refractivity contribution in [2.45, 2.75) is 87.0 Å². The number of aromatic amines is 1. The number of carbonyl (C=O) groups is 1. The molecule has 1 amide bonds. The molecule has 40 heavy (non-hydrogen) atoms. The average molecular weight is 607 g/mol. The fourth-order valence-corrected chi connectivity index (χ4v) is 7.73. The molecule has 0 bridgehead atoms. The number of H-pyrrole nitrogens is 1. The first kappa shape index (κ1) is 29.0. The van der Waals surface area contributed by atoms with Crippen molar-refractivity contribution >= 4 is 52.9 Å². The van der Waals surface area contributed by atoms with E-state index in [9.17, 15) is 14.4 Å². The number of aryl methyl sites for hydroxylation is 1. The smallest absolute Gasteiger partial charge is 0.278 e. The van der Waals surface area contributed by atoms with Crippen LogP contribution in [-0.2, 0) is 7.05 Å². The molecule has 0 spiro atoms. The number of aromatic nitrogens is 3. The molecule has 11 heteroatoms. The van der Waals surface area contributed by atoms with Crippen LogP contribution in [0.5, 0.6) is 0 Å². The summed E-state index contributed by atoms with van der Waals surface area (Å²) in [5, 5.41) is 8.91. The van der Waals surface area contributed by atoms with Crippen LogP contribution in [0.25, 0.3) is 12.2 Å². The maximum atomic E-state index is 13.3. The summed E-state index contributed by atoms with van der Waals surface area (Å²) in [6.45, 7) is 3.62. The fourth-order valence-electron chi connectivity index (χ4n) is 6.08. The van der Waals surface area contributed by atoms with E-state index in [1.807, 2.05) is 6.92 Å². The molecule has 0 saturated heterocycles. The Morgan fingerprint density at radius 2 is 1.60 bits per heavy atom. The average Bonchev–Trinajstić information content (AvgIpc) is 3.40. The first-order chi connectivity index (χ1) is 19.1. The number of carbonyl (C=O) groups excluding carboxylic acids is 1. The van der Waals surface area contributed by atoms with Crippen LogP contribution in [0.4, 0.5) is 0 Å². The van der Waals surface area contributed by atoms with Gasteiger partial charge < -0.3 is 0 Å². The Kier molecular flexibility index (Phi) is 8.50. The lowest BCUT2D eigenvalue weighted by Gasteiger charge is -2.34. The van der Waals surface area contributed by atoms with Crippen LogP contribution in [0.3, 0.4) is 0 Å². The van der Waals surface area contributed by atoms with Gasteiger partial charge in [-0.2, -0.15) is 5.10 Å². The minimum absolute atomic E-state index is 0.0862. The lowest BCUT2D eigenvalue weighted by Crippen LogP contribution is -2.44. The highest BCUT2D eigenvalue weighted by atomic mass is 35.5. The van der Waals surface area contributed by atoms with Gasteiger partial charge >= 0.3 is 0 Å². The van der Waals surface area contributed by atoms with Crippen molar-refractivity contribution in [1.29, 1.82) is 0 Å². The molecule has 1 N–H and O–H groups in total. The second kappa shape index (κ2) is 11.7. The van der Waals surface area contributed by atoms with Gasteiger partial charge in [0.05, 0.1) is 34.0 Å². The van der Waals surface area contributed by atoms with E-state index < -0.39 is 0 Å². The number of amides is 1. The molecule has 2 saturated carbocycles. The van der Waals surface area contributed by atoms with Crippen LogP contribution in [0.15, 0.2) is 32.9 Å². The third kappa shape index (κ3) is 5.26. The molecule has 2 atom stereocenters. The second-order valence-corrected chi connectivity index (χ2v) is 12.7. The van der Waals surface area contributed by atoms with Crippen molar-refractivity contribution in [1.82, 2.24) is 19.4 Å². The number of hydrogen-bond acceptors (Lipinski definition) is 4. The van der Waals surface area contributed by atoms with E-state index >= 15 is 0 Å². The van der Waals surface area contributed by atoms with Crippen LogP contribution in [0.1, 0.15) is 78.2 Å². The maximum Gasteiger partial charge on any atom is 0.278 e. The number of nitrogens with zero attached hydrogens (tertiary/aromatic N) is 4. The Bertz CT molecular complexity index is 1600. The topological polar surface area (TPSA) is 92.5 Å². The molecule has 2 aromatic rings. The number of alkyl halides is 3. The monoisotopic (exact) mass is 605 g/mol. The van der Waals surface area contributed by atoms with E-state index in [4.69, 9.17) is 34.8 Å². The third-order valence-electron chi connectivity index (χ3n) is 8.29. The van der Waals surface area contributed by atoms with Crippen molar-refractivity contribution in [3.63, 3.8) is 0 Å². The second-order valence-electron chi connectivity index (χ2n) is 11.0. The Morgan fingerprint density at radius 1 is 0.925 bits per heavy atom. The van der Waals surface area contributed by atoms with Gasteiger partial charge in [0.2, 0.25) is 0 Å². The van der Waals surface area contributed by atoms with Gasteiger partial charge in [0, 0.05) is 23.3 Å². The zero-order chi connectivity index (χ0) is 28.7. The van der Waals surface area contributed by atoms with Crippen molar-refractivity contribution in [2.24, 2.45) is 12.1 Å². The van der Waals surface area contributed by atoms with Gasteiger partial charge in [-0.3, -0.25) is 24.0 Å². The van der Waals surface area contributed by atoms with Crippen molar-refractivity contribution < 1.29 is 4.79 Å². The predicted octanol–water partition coefficient (Wildman–Crippen LogP) is 4.02. The number of pyridine rings is 1. The van der Waals surface area contributed by atoms with Crippen molar-refractivity contribution in [3.8, 4) is 0 Å². The van der Waals surface area contributed by atoms with Gasteiger partial charge in [-0.1, -0.05) is 37.5 Å². The summed E-state index contributed by atoms with van der Waals surface area (Å²) < 4.78 is 2.97. The van der Waals surface area contributed by atoms with Gasteiger partial charge in [-0.15, -0.1) is 34.8 Å². The number of nitrogens with one attached hydrogen (secondary N) is 1. The Labute approximate surface area is 247 Å². The molecule has 0 aromatic carbocycles. The van der Waals surface area contributed by atoms with E-state index in [1.165, 1.54) is 15.7 Å². The Balaban J connectivity index is 1.39. The highest BCUT2D eigenvalue weighted by Crippen LogP contribution is 2.37. The number of halogens is 3. The Morgan fingerprint density at radius 3 is 2.27 bits per heavy atom. The number of fused-ring (bicyclic) bond motifs is 1. The van der Waals surface area contributed by atoms with Gasteiger partial charge in [-0.05, 0) is 57.2 Å². The van der Waals surface area contributed by atoms with Crippen LogP contribution < -0.4 is 21.8 Å². The summed E-state index contributed by atoms with van der Waals surface area (Å²) in [6, 6.07) is -0.291. The molecule has 2 aliphatic carbocycles. The van der Waals surface area contributed by atoms with Gasteiger partial charge in [0.25, 0.3) is 17.0 Å². The summed E-state index contributed by atoms with van der Waals surface area (Å²) >= 11 is 19.3. The zero-order valence-corrected chi connectivity index (χ0v) is 25.1. The van der Waals surface area contributed by atoms with Gasteiger partial charge in [0.1, 0.15) is 0 Å². The molecule has 2 fully saturated rings. The van der Waals surface area contributed by atoms with E-state index in [-0.39, 0.29) is 45.2 Å². The molecular weight excluding hydrogens is 573 g/mol. The number of allylic oxidation sites excluding steroid dienone is 3. The van der Waals surface area contributed by atoms with Gasteiger partial charge in [0.15, 0.2) is 5.49 Å². The minimum Gasteiger partial charge on any atom is -0.299 e. The molecule has 0 radical (unpaired) electrons. The lowest BCUT2D eigenvalue weighted by molar-refractivity contribution is 0.0663. The molecule has 8 nitrogen and oxygen atoms in total. The molecule has 3 aliphatic rings. The highest BCUT2D eigenvalue weighted by molar-refractivity contribution is 6.27. The van der Waals surface area contributed by atoms with Crippen molar-refractivity contribution in [3.05, 3.63) is 72.0 Å². The van der Waals surface area contributed by atoms with E-state index in [0.717, 1.165) is 25.7 Å². The molecule has 2 unspecified atom stereocenters. The molecule has 2 aromatic heterocycles. The first-order valence-corrected chi connectivity index (χ1v) is 15.1. The summed E-state index contributed by atoms with van der Waals surface area (Å²) in [6.07, 6.45) is 15.0. The maximum absolute atomic E-state index is 13.3. The number of rotatable bonds is 5. The quantitative estimate of drug-likeness (QED) is 0.412. The normalized spacial score (nSPS) is 26.3. The summed E-state index contributed by atoms with van der Waals surface area (Å²) in [7, 11) is 1.65. The first-order valence-electron chi connectivity index (χ1n) is 13.8. The third-order valence-corrected chi connectivity index (χ3v) is 9.52. The number of hydrogen-bond donors (Lipinski definition) is 1. The summed E-state index contributed by atoms with van der Waals surface area (Å²) in [5.41, 5.74) is 2.34. The molecular formula is C29H34Cl3N5O3. The van der Waals surface area contributed by atoms with Gasteiger partial charge in [-0.25, -0.2) is 9.69 Å². The minimum atomic E-state index is -0.377. The summed E-state index contributed by atoms with van der Waals surface area (Å²) in [5.74, 6) is -0.134. The largest absolute Gasteiger partial charge is 0.299 e. The lowest BCUT2D eigenvalue weighted by atomic mass is 9.94. The Hall–Kier alpha value is -2.55. The van der Waals surface area contributed by atoms with Crippen LogP contribution in [-0.4, -0.2) is 47.4 Å². The standard InChI is InChI=1S/C29H34Cl3N5O3/c1-16-20(27(38)35(3)26-24(16)29(40)36(34-26)19-10-6-4-7-11-19)12-8-5-9-13-21-17(2)33-37(28(21)39)25-22(31)14-18(30)15-23(25)32/h5,8-9,12-13,18-19,22-23,25,33H,4,6-7,10-11,14-15H2,1-3H3/b8-5?,13-9?,20-12+. The molecule has 214 valence electrons. The van der Waals surface area contributed by atoms with E-state index in [1.54, 1.807) is 49.4 Å². The van der Waals surface area contributed by atoms with E-state index in [0.29, 0.717) is 45.9 Å². The van der Waals surface area contributed by atoms with Crippen LogP contribution >= 0.6 is 34.8 Å². The van der Waals surface area contributed by atoms with Crippen molar-refractivity contribution in [2.75, 3.05) is 0 Å². The summed E-state index contributed by atoms with van der Waals surface area (Å²) in [4.78, 5) is 39.6. The molecule has 5 rings (SSSR count). The molecule has 3 heterocycles. The fraction of sp³-hybridized carbons (Fsp3) is 0.517. The van der Waals surface area contributed by atoms with Crippen LogP contribution in [0, 0.1) is 13.8 Å². The van der Waals surface area contributed by atoms with E-state index in [2.05, 4.69) is 10.2 Å².